The molecule has 0 atom stereocenters. The molecule has 3 aromatic rings. The highest BCUT2D eigenvalue weighted by atomic mass is 16.5. The monoisotopic (exact) mass is 459 g/mol. The summed E-state index contributed by atoms with van der Waals surface area (Å²) >= 11 is 0. The van der Waals surface area contributed by atoms with Crippen molar-refractivity contribution in [3.8, 4) is 16.9 Å². The minimum atomic E-state index is -0.152. The van der Waals surface area contributed by atoms with Gasteiger partial charge in [0.1, 0.15) is 17.9 Å². The maximum atomic E-state index is 13.1. The summed E-state index contributed by atoms with van der Waals surface area (Å²) in [5.41, 5.74) is 5.36. The first-order chi connectivity index (χ1) is 16.6. The van der Waals surface area contributed by atoms with E-state index in [9.17, 15) is 4.79 Å². The third kappa shape index (κ3) is 4.51. The lowest BCUT2D eigenvalue weighted by molar-refractivity contribution is 0.205. The lowest BCUT2D eigenvalue weighted by Crippen LogP contribution is -2.46. The molecule has 2 amide bonds. The van der Waals surface area contributed by atoms with Crippen molar-refractivity contribution in [2.45, 2.75) is 13.0 Å². The minimum absolute atomic E-state index is 0.152. The Morgan fingerprint density at radius 3 is 2.44 bits per heavy atom. The van der Waals surface area contributed by atoms with Gasteiger partial charge >= 0.3 is 6.03 Å². The molecule has 2 aliphatic heterocycles. The van der Waals surface area contributed by atoms with Crippen LogP contribution in [0.1, 0.15) is 11.1 Å². The smallest absolute Gasteiger partial charge is 0.323 e. The largest absolute Gasteiger partial charge is 0.496 e. The van der Waals surface area contributed by atoms with Crippen molar-refractivity contribution in [3.63, 3.8) is 0 Å². The van der Waals surface area contributed by atoms with Gasteiger partial charge in [0.15, 0.2) is 0 Å². The van der Waals surface area contributed by atoms with Crippen LogP contribution in [0.15, 0.2) is 49.2 Å². The lowest BCUT2D eigenvalue weighted by Gasteiger charge is -2.38. The maximum Gasteiger partial charge on any atom is 0.323 e. The van der Waals surface area contributed by atoms with Crippen LogP contribution in [-0.4, -0.2) is 77.7 Å². The number of nitrogens with zero attached hydrogens (tertiary/aromatic N) is 6. The number of urea groups is 1. The van der Waals surface area contributed by atoms with E-state index in [-0.39, 0.29) is 6.03 Å². The number of ether oxygens (including phenoxy) is 1. The van der Waals surface area contributed by atoms with E-state index in [0.717, 1.165) is 49.5 Å². The van der Waals surface area contributed by atoms with E-state index >= 15 is 0 Å². The number of nitrogens with one attached hydrogen (secondary N) is 1. The zero-order chi connectivity index (χ0) is 23.5. The Labute approximate surface area is 199 Å². The van der Waals surface area contributed by atoms with Crippen LogP contribution in [0.25, 0.3) is 11.1 Å². The highest BCUT2D eigenvalue weighted by Crippen LogP contribution is 2.36. The minimum Gasteiger partial charge on any atom is -0.496 e. The summed E-state index contributed by atoms with van der Waals surface area (Å²) in [5.74, 6) is 1.41. The number of anilines is 2. The number of rotatable bonds is 4. The van der Waals surface area contributed by atoms with Crippen LogP contribution in [-0.2, 0) is 13.0 Å². The zero-order valence-corrected chi connectivity index (χ0v) is 19.6. The Balaban J connectivity index is 1.32. The standard InChI is InChI=1S/C25H29N7O2/c1-30-9-11-31(12-10-30)22-4-5-23(34-2)20-7-8-32(16-21(20)22)25(33)29-24-6-3-18(15-28-24)19-13-26-17-27-14-19/h3-6,13-15,17H,7-12,16H2,1-2H3,(H,28,29,33). The number of methoxy groups -OCH3 is 1. The number of hydrogen-bond acceptors (Lipinski definition) is 7. The molecule has 176 valence electrons. The van der Waals surface area contributed by atoms with Crippen LogP contribution in [0.5, 0.6) is 5.75 Å². The van der Waals surface area contributed by atoms with Crippen molar-refractivity contribution in [2.24, 2.45) is 0 Å². The molecule has 2 aliphatic rings. The molecule has 0 spiro atoms. The average molecular weight is 460 g/mol. The number of benzene rings is 1. The summed E-state index contributed by atoms with van der Waals surface area (Å²) in [7, 11) is 3.86. The van der Waals surface area contributed by atoms with Crippen LogP contribution in [0.3, 0.4) is 0 Å². The molecule has 0 aliphatic carbocycles. The summed E-state index contributed by atoms with van der Waals surface area (Å²) in [6, 6.07) is 7.75. The van der Waals surface area contributed by atoms with Crippen molar-refractivity contribution < 1.29 is 9.53 Å². The van der Waals surface area contributed by atoms with Crippen molar-refractivity contribution in [3.05, 3.63) is 60.3 Å². The number of aromatic nitrogens is 3. The Morgan fingerprint density at radius 1 is 0.941 bits per heavy atom. The molecule has 1 N–H and O–H groups in total. The second-order valence-electron chi connectivity index (χ2n) is 8.70. The van der Waals surface area contributed by atoms with Gasteiger partial charge < -0.3 is 19.4 Å². The number of hydrogen-bond donors (Lipinski definition) is 1. The van der Waals surface area contributed by atoms with Crippen molar-refractivity contribution in [2.75, 3.05) is 57.1 Å². The van der Waals surface area contributed by atoms with Gasteiger partial charge in [-0.3, -0.25) is 5.32 Å². The van der Waals surface area contributed by atoms with Gasteiger partial charge in [-0.2, -0.15) is 0 Å². The highest BCUT2D eigenvalue weighted by Gasteiger charge is 2.28. The molecular formula is C25H29N7O2. The van der Waals surface area contributed by atoms with E-state index in [2.05, 4.69) is 49.2 Å². The fraction of sp³-hybridized carbons (Fsp3) is 0.360. The van der Waals surface area contributed by atoms with Gasteiger partial charge in [-0.15, -0.1) is 0 Å². The van der Waals surface area contributed by atoms with Crippen LogP contribution < -0.4 is 15.0 Å². The second kappa shape index (κ2) is 9.64. The molecule has 0 radical (unpaired) electrons. The molecule has 1 aromatic carbocycles. The van der Waals surface area contributed by atoms with Gasteiger partial charge in [0, 0.05) is 85.8 Å². The number of carbonyl (C=O) groups is 1. The Morgan fingerprint density at radius 2 is 1.74 bits per heavy atom. The fourth-order valence-electron chi connectivity index (χ4n) is 4.61. The number of likely N-dealkylation sites (N-methyl/N-ethyl adjacent to an activating group) is 1. The third-order valence-corrected chi connectivity index (χ3v) is 6.59. The summed E-state index contributed by atoms with van der Waals surface area (Å²) in [4.78, 5) is 32.2. The molecule has 1 fully saturated rings. The molecule has 0 unspecified atom stereocenters. The fourth-order valence-corrected chi connectivity index (χ4v) is 4.61. The number of piperazine rings is 1. The molecule has 0 saturated carbocycles. The Hall–Kier alpha value is -3.72. The van der Waals surface area contributed by atoms with E-state index in [4.69, 9.17) is 4.74 Å². The average Bonchev–Trinajstić information content (AvgIpc) is 2.89. The zero-order valence-electron chi connectivity index (χ0n) is 19.6. The first-order valence-corrected chi connectivity index (χ1v) is 11.5. The van der Waals surface area contributed by atoms with Crippen molar-refractivity contribution in [1.29, 1.82) is 0 Å². The van der Waals surface area contributed by atoms with Gasteiger partial charge in [-0.1, -0.05) is 0 Å². The first kappa shape index (κ1) is 22.1. The number of pyridine rings is 1. The van der Waals surface area contributed by atoms with Gasteiger partial charge in [0.05, 0.1) is 7.11 Å². The van der Waals surface area contributed by atoms with Crippen LogP contribution in [0.2, 0.25) is 0 Å². The van der Waals surface area contributed by atoms with E-state index in [1.807, 2.05) is 11.0 Å². The van der Waals surface area contributed by atoms with Crippen LogP contribution >= 0.6 is 0 Å². The van der Waals surface area contributed by atoms with Gasteiger partial charge in [0.25, 0.3) is 0 Å². The predicted molar refractivity (Wildman–Crippen MR) is 131 cm³/mol. The van der Waals surface area contributed by atoms with E-state index < -0.39 is 0 Å². The SMILES string of the molecule is COc1ccc(N2CCN(C)CC2)c2c1CCN(C(=O)Nc1ccc(-c3cncnc3)cn1)C2. The summed E-state index contributed by atoms with van der Waals surface area (Å²) in [6.45, 7) is 5.18. The number of carbonyl (C=O) groups excluding carboxylic acids is 1. The molecule has 9 nitrogen and oxygen atoms in total. The predicted octanol–water partition coefficient (Wildman–Crippen LogP) is 2.89. The summed E-state index contributed by atoms with van der Waals surface area (Å²) in [5, 5.41) is 2.95. The van der Waals surface area contributed by atoms with E-state index in [0.29, 0.717) is 18.9 Å². The molecule has 34 heavy (non-hydrogen) atoms. The third-order valence-electron chi connectivity index (χ3n) is 6.59. The van der Waals surface area contributed by atoms with Gasteiger partial charge in [-0.05, 0) is 37.7 Å². The quantitative estimate of drug-likeness (QED) is 0.642. The van der Waals surface area contributed by atoms with Crippen molar-refractivity contribution in [1.82, 2.24) is 24.8 Å². The van der Waals surface area contributed by atoms with Crippen molar-refractivity contribution >= 4 is 17.5 Å². The molecule has 0 bridgehead atoms. The van der Waals surface area contributed by atoms with Crippen LogP contribution in [0, 0.1) is 0 Å². The summed E-state index contributed by atoms with van der Waals surface area (Å²) in [6.07, 6.45) is 7.44. The number of amides is 2. The second-order valence-corrected chi connectivity index (χ2v) is 8.70. The summed E-state index contributed by atoms with van der Waals surface area (Å²) < 4.78 is 5.65. The molecule has 9 heteroatoms. The molecular weight excluding hydrogens is 430 g/mol. The first-order valence-electron chi connectivity index (χ1n) is 11.5. The normalized spacial score (nSPS) is 16.2. The molecule has 5 rings (SSSR count). The Bertz CT molecular complexity index is 1150. The Kier molecular flexibility index (Phi) is 6.27. The van der Waals surface area contributed by atoms with E-state index in [1.54, 1.807) is 31.8 Å². The lowest BCUT2D eigenvalue weighted by atomic mass is 9.96. The van der Waals surface area contributed by atoms with Crippen LogP contribution in [0.4, 0.5) is 16.3 Å². The van der Waals surface area contributed by atoms with E-state index in [1.165, 1.54) is 23.1 Å². The molecule has 4 heterocycles. The topological polar surface area (TPSA) is 86.7 Å². The van der Waals surface area contributed by atoms with Gasteiger partial charge in [-0.25, -0.2) is 19.7 Å². The molecule has 1 saturated heterocycles. The number of fused-ring (bicyclic) bond motifs is 1. The maximum absolute atomic E-state index is 13.1. The van der Waals surface area contributed by atoms with Gasteiger partial charge in [0.2, 0.25) is 0 Å². The molecule has 2 aromatic heterocycles. The highest BCUT2D eigenvalue weighted by molar-refractivity contribution is 5.89.